The molecule has 5 heteroatoms. The normalized spacial score (nSPS) is 6.92. The predicted molar refractivity (Wildman–Crippen MR) is 40.5 cm³/mol. The van der Waals surface area contributed by atoms with Crippen LogP contribution in [0.25, 0.3) is 5.73 Å². The van der Waals surface area contributed by atoms with Crippen molar-refractivity contribution in [1.29, 1.82) is 0 Å². The summed E-state index contributed by atoms with van der Waals surface area (Å²) in [7, 11) is 0. The van der Waals surface area contributed by atoms with Crippen LogP contribution in [-0.2, 0) is 9.59 Å². The fourth-order valence-electron chi connectivity index (χ4n) is 0.193. The quantitative estimate of drug-likeness (QED) is 0.419. The summed E-state index contributed by atoms with van der Waals surface area (Å²) in [6, 6.07) is 0. The largest absolute Gasteiger partial charge is 0.664 e. The summed E-state index contributed by atoms with van der Waals surface area (Å²) in [5.74, 6) is -1.06. The topological polar surface area (TPSA) is 57.9 Å². The number of nitrogens with one attached hydrogen (secondary N) is 1. The average molecular weight is 676 g/mol. The van der Waals surface area contributed by atoms with Gasteiger partial charge in [-0.25, -0.2) is 0 Å². The van der Waals surface area contributed by atoms with E-state index in [1.165, 1.54) is 6.92 Å². The first-order valence-corrected chi connectivity index (χ1v) is 3.07. The van der Waals surface area contributed by atoms with Gasteiger partial charge in [-0.05, 0) is 19.1 Å². The summed E-state index contributed by atoms with van der Waals surface area (Å²) in [6.07, 6.45) is 1.98. The van der Waals surface area contributed by atoms with Crippen LogP contribution in [0.5, 0.6) is 0 Å². The van der Waals surface area contributed by atoms with Crippen LogP contribution < -0.4 is 0 Å². The molecular formula is C7H12NO2Rf2-. The van der Waals surface area contributed by atoms with Crippen LogP contribution in [0, 0.1) is 0 Å². The molecule has 3 nitrogen and oxygen atoms in total. The molecule has 0 saturated heterocycles. The van der Waals surface area contributed by atoms with Crippen LogP contribution >= 0.6 is 0 Å². The Labute approximate surface area is 60.9 Å². The van der Waals surface area contributed by atoms with Crippen LogP contribution in [-0.4, -0.2) is 11.7 Å². The summed E-state index contributed by atoms with van der Waals surface area (Å²) < 4.78 is 0. The molecule has 12 heavy (non-hydrogen) atoms. The third-order valence-electron chi connectivity index (χ3n) is 0.469. The van der Waals surface area contributed by atoms with E-state index in [0.717, 1.165) is 12.2 Å². The molecule has 0 aromatic carbocycles. The number of carbonyl (C=O) groups excluding carboxylic acids is 2. The van der Waals surface area contributed by atoms with Crippen molar-refractivity contribution in [1.82, 2.24) is 0 Å². The van der Waals surface area contributed by atoms with Gasteiger partial charge in [0.2, 0.25) is 0 Å². The van der Waals surface area contributed by atoms with Crippen molar-refractivity contribution >= 4 is 11.7 Å². The SMILES string of the molecule is CC.CC(=O)/C=C/C([NH-])=O.[Rf].[Rf]. The minimum absolute atomic E-state index is 0. The molecule has 1 N–H and O–H groups in total. The minimum atomic E-state index is -0.847. The number of rotatable bonds is 2. The number of allylic oxidation sites excluding steroid dienone is 1. The molecule has 0 bridgehead atoms. The van der Waals surface area contributed by atoms with Gasteiger partial charge in [0.15, 0.2) is 5.78 Å². The van der Waals surface area contributed by atoms with Crippen molar-refractivity contribution in [3.8, 4) is 0 Å². The van der Waals surface area contributed by atoms with Gasteiger partial charge in [-0.15, -0.1) is 0 Å². The summed E-state index contributed by atoms with van der Waals surface area (Å²) >= 11 is 0. The van der Waals surface area contributed by atoms with Gasteiger partial charge < -0.3 is 10.5 Å². The first kappa shape index (κ1) is 23.2. The van der Waals surface area contributed by atoms with E-state index >= 15 is 0 Å². The first-order chi connectivity index (χ1) is 4.63. The van der Waals surface area contributed by atoms with Gasteiger partial charge in [-0.3, -0.25) is 4.79 Å². The standard InChI is InChI=1S/C5H7NO2.C2H6.2Rf/c1-4(7)2-3-5(6)8;1-2;;/h2-3H,1H3,(H2,6,8);1-2H3;;/p-1/b3-2+;;;. The zero-order valence-corrected chi connectivity index (χ0v) is 20.7. The van der Waals surface area contributed by atoms with Crippen molar-refractivity contribution < 1.29 is 9.59 Å². The molecule has 0 radical (unpaired) electrons. The van der Waals surface area contributed by atoms with E-state index in [9.17, 15) is 9.59 Å². The Hall–Kier alpha value is -3.12. The number of ketones is 1. The Morgan fingerprint density at radius 2 is 1.42 bits per heavy atom. The van der Waals surface area contributed by atoms with Gasteiger partial charge in [0, 0.05) is 0 Å². The average Bonchev–Trinajstić information content (AvgIpc) is 1.89. The van der Waals surface area contributed by atoms with E-state index in [2.05, 4.69) is 0 Å². The summed E-state index contributed by atoms with van der Waals surface area (Å²) in [6.45, 7) is 5.32. The van der Waals surface area contributed by atoms with Crippen molar-refractivity contribution in [2.45, 2.75) is 20.8 Å². The molecule has 0 aliphatic carbocycles. The minimum Gasteiger partial charge on any atom is -0.664 e. The summed E-state index contributed by atoms with van der Waals surface area (Å²) in [4.78, 5) is 19.8. The Kier molecular flexibility index (Phi) is 30.2. The molecule has 0 rings (SSSR count). The molecule has 0 heterocycles. The van der Waals surface area contributed by atoms with Crippen LogP contribution in [0.15, 0.2) is 12.2 Å². The fraction of sp³-hybridized carbons (Fsp3) is 0.429. The molecule has 62 valence electrons. The van der Waals surface area contributed by atoms with E-state index in [4.69, 9.17) is 5.73 Å². The molecule has 0 unspecified atom stereocenters. The fourth-order valence-corrected chi connectivity index (χ4v) is 0.193. The van der Waals surface area contributed by atoms with Crippen molar-refractivity contribution in [3.63, 3.8) is 0 Å². The monoisotopic (exact) mass is 676 g/mol. The van der Waals surface area contributed by atoms with Gasteiger partial charge in [0.05, 0.1) is 5.91 Å². The number of carbonyl (C=O) groups is 2. The molecule has 0 aliphatic heterocycles. The Balaban J connectivity index is -0.0000000740. The van der Waals surface area contributed by atoms with Crippen molar-refractivity contribution in [2.75, 3.05) is 0 Å². The molecule has 0 saturated carbocycles. The molecule has 0 spiro atoms. The van der Waals surface area contributed by atoms with Gasteiger partial charge in [0.25, 0.3) is 0 Å². The molecule has 0 aromatic rings. The van der Waals surface area contributed by atoms with E-state index in [1.807, 2.05) is 13.8 Å². The Morgan fingerprint density at radius 1 is 1.08 bits per heavy atom. The maximum absolute atomic E-state index is 10.0. The smallest absolute Gasteiger partial charge is 0.152 e. The van der Waals surface area contributed by atoms with Gasteiger partial charge in [-0.2, -0.15) is 0 Å². The second kappa shape index (κ2) is 15.7. The van der Waals surface area contributed by atoms with Crippen LogP contribution in [0.4, 0.5) is 0 Å². The van der Waals surface area contributed by atoms with E-state index < -0.39 is 5.91 Å². The van der Waals surface area contributed by atoms with E-state index in [-0.39, 0.29) is 5.78 Å². The zero-order chi connectivity index (χ0) is 8.57. The summed E-state index contributed by atoms with van der Waals surface area (Å²) in [5.41, 5.74) is 6.29. The van der Waals surface area contributed by atoms with Gasteiger partial charge >= 0.3 is 0 Å². The Bertz CT molecular complexity index is 130. The molecule has 1 amide bonds. The third kappa shape index (κ3) is 67.3. The summed E-state index contributed by atoms with van der Waals surface area (Å²) in [5, 5.41) is 0. The molecule has 0 aliphatic rings. The van der Waals surface area contributed by atoms with Crippen LogP contribution in [0.3, 0.4) is 0 Å². The van der Waals surface area contributed by atoms with Gasteiger partial charge in [-0.1, -0.05) is 13.8 Å². The zero-order valence-electron chi connectivity index (χ0n) is 7.89. The second-order valence-electron chi connectivity index (χ2n) is 1.31. The second-order valence-corrected chi connectivity index (χ2v) is 1.31. The molecular weight excluding hydrogens is 664 g/mol. The maximum atomic E-state index is 10.0. The maximum Gasteiger partial charge on any atom is 0.152 e. The van der Waals surface area contributed by atoms with E-state index in [1.54, 1.807) is 0 Å². The van der Waals surface area contributed by atoms with Crippen molar-refractivity contribution in [2.24, 2.45) is 0 Å². The van der Waals surface area contributed by atoms with Crippen LogP contribution in [0.1, 0.15) is 20.8 Å². The predicted octanol–water partition coefficient (Wildman–Crippen LogP) is 1.74. The number of hydrogen-bond donors (Lipinski definition) is 0. The third-order valence-corrected chi connectivity index (χ3v) is 0.469. The first-order valence-electron chi connectivity index (χ1n) is 3.07. The Morgan fingerprint density at radius 3 is 1.50 bits per heavy atom. The van der Waals surface area contributed by atoms with Gasteiger partial charge in [0.1, 0.15) is 0 Å². The molecule has 0 fully saturated rings. The number of amides is 1. The molecule has 0 aromatic heterocycles. The van der Waals surface area contributed by atoms with E-state index in [0.29, 0.717) is 0 Å². The van der Waals surface area contributed by atoms with Crippen molar-refractivity contribution in [3.05, 3.63) is 17.9 Å². The molecule has 0 atom stereocenters. The van der Waals surface area contributed by atoms with Crippen LogP contribution in [0.2, 0.25) is 0 Å². The number of hydrogen-bond acceptors (Lipinski definition) is 2.